The summed E-state index contributed by atoms with van der Waals surface area (Å²) in [7, 11) is 0. The highest BCUT2D eigenvalue weighted by atomic mass is 32.1. The van der Waals surface area contributed by atoms with E-state index < -0.39 is 5.91 Å². The zero-order valence-corrected chi connectivity index (χ0v) is 19.8. The van der Waals surface area contributed by atoms with Crippen molar-refractivity contribution < 1.29 is 9.21 Å². The molecule has 0 radical (unpaired) electrons. The van der Waals surface area contributed by atoms with Gasteiger partial charge in [-0.2, -0.15) is 0 Å². The van der Waals surface area contributed by atoms with E-state index in [9.17, 15) is 9.59 Å². The molecule has 174 valence electrons. The molecule has 9 heteroatoms. The number of nitrogens with two attached hydrogens (primary N) is 1. The van der Waals surface area contributed by atoms with Crippen LogP contribution in [-0.2, 0) is 0 Å². The maximum absolute atomic E-state index is 12.8. The SMILES string of the molecule is CCCN(CCC)c1cc(=O)c2scc(-c3cc(C(=N)c4ccccc4C(N)=O)ncn3)c2o1. The van der Waals surface area contributed by atoms with Gasteiger partial charge in [0.1, 0.15) is 11.0 Å². The Hall–Kier alpha value is -3.85. The molecule has 0 aliphatic heterocycles. The molecule has 4 rings (SSSR count). The standard InChI is InChI=1S/C25H25N5O3S/c1-3-9-30(10-4-2)21-12-20(31)24-23(33-21)17(13-34-24)18-11-19(29-14-28-18)22(26)15-7-5-6-8-16(15)25(27)32/h5-8,11-14,26H,3-4,9-10H2,1-2H3,(H2,27,32). The third-order valence-electron chi connectivity index (χ3n) is 5.39. The Morgan fingerprint density at radius 1 is 1.12 bits per heavy atom. The number of nitrogens with one attached hydrogen (secondary N) is 1. The molecule has 0 aliphatic rings. The van der Waals surface area contributed by atoms with Gasteiger partial charge < -0.3 is 15.1 Å². The Balaban J connectivity index is 1.79. The van der Waals surface area contributed by atoms with Gasteiger partial charge in [-0.15, -0.1) is 11.3 Å². The summed E-state index contributed by atoms with van der Waals surface area (Å²) in [5, 5.41) is 10.5. The summed E-state index contributed by atoms with van der Waals surface area (Å²) in [5.41, 5.74) is 8.06. The van der Waals surface area contributed by atoms with Gasteiger partial charge in [-0.3, -0.25) is 15.0 Å². The smallest absolute Gasteiger partial charge is 0.249 e. The van der Waals surface area contributed by atoms with Gasteiger partial charge in [-0.25, -0.2) is 9.97 Å². The second kappa shape index (κ2) is 9.96. The van der Waals surface area contributed by atoms with Crippen LogP contribution in [0.15, 0.2) is 57.3 Å². The molecular weight excluding hydrogens is 450 g/mol. The van der Waals surface area contributed by atoms with E-state index in [1.807, 2.05) is 5.38 Å². The minimum absolute atomic E-state index is 0.0526. The number of fused-ring (bicyclic) bond motifs is 1. The number of amides is 1. The summed E-state index contributed by atoms with van der Waals surface area (Å²) in [4.78, 5) is 35.3. The predicted octanol–water partition coefficient (Wildman–Crippen LogP) is 4.45. The number of anilines is 1. The molecule has 0 bridgehead atoms. The van der Waals surface area contributed by atoms with E-state index in [-0.39, 0.29) is 16.7 Å². The zero-order valence-electron chi connectivity index (χ0n) is 19.0. The van der Waals surface area contributed by atoms with Crippen LogP contribution in [0.5, 0.6) is 0 Å². The van der Waals surface area contributed by atoms with Gasteiger partial charge in [0.25, 0.3) is 0 Å². The van der Waals surface area contributed by atoms with Crippen LogP contribution in [0.1, 0.15) is 48.3 Å². The fourth-order valence-corrected chi connectivity index (χ4v) is 4.73. The minimum Gasteiger partial charge on any atom is -0.439 e. The van der Waals surface area contributed by atoms with Crippen molar-refractivity contribution in [2.45, 2.75) is 26.7 Å². The van der Waals surface area contributed by atoms with Gasteiger partial charge in [0.05, 0.1) is 22.7 Å². The number of rotatable bonds is 9. The monoisotopic (exact) mass is 475 g/mol. The molecule has 0 fully saturated rings. The number of nitrogens with zero attached hydrogens (tertiary/aromatic N) is 3. The lowest BCUT2D eigenvalue weighted by molar-refractivity contribution is 0.1000. The third-order valence-corrected chi connectivity index (χ3v) is 6.37. The van der Waals surface area contributed by atoms with Crippen molar-refractivity contribution in [2.75, 3.05) is 18.0 Å². The highest BCUT2D eigenvalue weighted by Crippen LogP contribution is 2.34. The lowest BCUT2D eigenvalue weighted by Crippen LogP contribution is -2.25. The summed E-state index contributed by atoms with van der Waals surface area (Å²) in [6.45, 7) is 5.75. The molecule has 0 spiro atoms. The number of benzene rings is 1. The largest absolute Gasteiger partial charge is 0.439 e. The lowest BCUT2D eigenvalue weighted by atomic mass is 9.99. The van der Waals surface area contributed by atoms with E-state index in [1.165, 1.54) is 17.7 Å². The fourth-order valence-electron chi connectivity index (χ4n) is 3.83. The fraction of sp³-hybridized carbons (Fsp3) is 0.240. The van der Waals surface area contributed by atoms with Crippen molar-refractivity contribution in [2.24, 2.45) is 5.73 Å². The molecule has 1 aromatic carbocycles. The van der Waals surface area contributed by atoms with Crippen molar-refractivity contribution in [1.82, 2.24) is 9.97 Å². The van der Waals surface area contributed by atoms with Crippen molar-refractivity contribution in [3.8, 4) is 11.3 Å². The van der Waals surface area contributed by atoms with Crippen molar-refractivity contribution >= 4 is 39.1 Å². The molecule has 34 heavy (non-hydrogen) atoms. The van der Waals surface area contributed by atoms with Crippen LogP contribution in [-0.4, -0.2) is 34.7 Å². The molecule has 0 saturated heterocycles. The highest BCUT2D eigenvalue weighted by molar-refractivity contribution is 7.17. The first-order valence-electron chi connectivity index (χ1n) is 11.0. The van der Waals surface area contributed by atoms with Crippen LogP contribution >= 0.6 is 11.3 Å². The molecule has 0 atom stereocenters. The van der Waals surface area contributed by atoms with Gasteiger partial charge in [-0.1, -0.05) is 32.0 Å². The quantitative estimate of drug-likeness (QED) is 0.344. The third kappa shape index (κ3) is 4.47. The van der Waals surface area contributed by atoms with E-state index in [0.717, 1.165) is 25.9 Å². The highest BCUT2D eigenvalue weighted by Gasteiger charge is 2.19. The zero-order chi connectivity index (χ0) is 24.2. The molecule has 0 saturated carbocycles. The average molecular weight is 476 g/mol. The Labute approximate surface area is 200 Å². The normalized spacial score (nSPS) is 11.0. The molecule has 0 aliphatic carbocycles. The second-order valence-electron chi connectivity index (χ2n) is 7.82. The van der Waals surface area contributed by atoms with E-state index in [0.29, 0.717) is 38.7 Å². The Kier molecular flexibility index (Phi) is 6.83. The second-order valence-corrected chi connectivity index (χ2v) is 8.70. The number of primary amides is 1. The number of carbonyl (C=O) groups excluding carboxylic acids is 1. The van der Waals surface area contributed by atoms with Gasteiger partial charge in [0.2, 0.25) is 11.3 Å². The van der Waals surface area contributed by atoms with Gasteiger partial charge in [0, 0.05) is 35.7 Å². The van der Waals surface area contributed by atoms with Crippen LogP contribution in [0.3, 0.4) is 0 Å². The molecule has 8 nitrogen and oxygen atoms in total. The van der Waals surface area contributed by atoms with Crippen LogP contribution in [0.2, 0.25) is 0 Å². The molecule has 3 N–H and O–H groups in total. The summed E-state index contributed by atoms with van der Waals surface area (Å²) in [6, 6.07) is 9.87. The van der Waals surface area contributed by atoms with Crippen LogP contribution in [0.25, 0.3) is 21.5 Å². The van der Waals surface area contributed by atoms with Gasteiger partial charge >= 0.3 is 0 Å². The molecular formula is C25H25N5O3S. The summed E-state index contributed by atoms with van der Waals surface area (Å²) >= 11 is 1.30. The predicted molar refractivity (Wildman–Crippen MR) is 135 cm³/mol. The minimum atomic E-state index is -0.614. The van der Waals surface area contributed by atoms with Crippen LogP contribution < -0.4 is 16.1 Å². The van der Waals surface area contributed by atoms with Crippen molar-refractivity contribution in [1.29, 1.82) is 5.41 Å². The maximum Gasteiger partial charge on any atom is 0.249 e. The Morgan fingerprint density at radius 3 is 2.50 bits per heavy atom. The number of thiophene rings is 1. The number of hydrogen-bond donors (Lipinski definition) is 2. The molecule has 1 amide bonds. The molecule has 0 unspecified atom stereocenters. The van der Waals surface area contributed by atoms with Crippen LogP contribution in [0, 0.1) is 5.41 Å². The maximum atomic E-state index is 12.8. The van der Waals surface area contributed by atoms with E-state index in [4.69, 9.17) is 15.6 Å². The first kappa shape index (κ1) is 23.3. The topological polar surface area (TPSA) is 126 Å². The van der Waals surface area contributed by atoms with Crippen molar-refractivity contribution in [3.05, 3.63) is 75.1 Å². The van der Waals surface area contributed by atoms with E-state index in [2.05, 4.69) is 28.7 Å². The Morgan fingerprint density at radius 2 is 1.82 bits per heavy atom. The Bertz CT molecular complexity index is 1420. The summed E-state index contributed by atoms with van der Waals surface area (Å²) < 4.78 is 6.75. The average Bonchev–Trinajstić information content (AvgIpc) is 3.28. The number of hydrogen-bond acceptors (Lipinski definition) is 8. The van der Waals surface area contributed by atoms with Gasteiger partial charge in [-0.05, 0) is 25.0 Å². The molecule has 3 aromatic heterocycles. The lowest BCUT2D eigenvalue weighted by Gasteiger charge is -2.21. The van der Waals surface area contributed by atoms with E-state index >= 15 is 0 Å². The number of aromatic nitrogens is 2. The van der Waals surface area contributed by atoms with Gasteiger partial charge in [0.15, 0.2) is 11.5 Å². The van der Waals surface area contributed by atoms with E-state index in [1.54, 1.807) is 36.4 Å². The summed E-state index contributed by atoms with van der Waals surface area (Å²) in [6.07, 6.45) is 3.23. The number of carbonyl (C=O) groups is 1. The molecule has 4 aromatic rings. The van der Waals surface area contributed by atoms with Crippen molar-refractivity contribution in [3.63, 3.8) is 0 Å². The first-order chi connectivity index (χ1) is 16.4. The summed E-state index contributed by atoms with van der Waals surface area (Å²) in [5.74, 6) is -0.0743. The van der Waals surface area contributed by atoms with Crippen LogP contribution in [0.4, 0.5) is 5.88 Å². The molecule has 3 heterocycles. The first-order valence-corrected chi connectivity index (χ1v) is 11.9.